The number of hydrogen-bond donors (Lipinski definition) is 3. The Bertz CT molecular complexity index is 591. The van der Waals surface area contributed by atoms with Crippen molar-refractivity contribution in [1.29, 1.82) is 0 Å². The lowest BCUT2D eigenvalue weighted by molar-refractivity contribution is 0.857. The van der Waals surface area contributed by atoms with Crippen molar-refractivity contribution in [3.8, 4) is 0 Å². The van der Waals surface area contributed by atoms with Gasteiger partial charge in [-0.15, -0.1) is 0 Å². The molecule has 4 N–H and O–H groups in total. The fraction of sp³-hybridized carbons (Fsp3) is 0.263. The van der Waals surface area contributed by atoms with Gasteiger partial charge in [0, 0.05) is 5.70 Å². The highest BCUT2D eigenvalue weighted by atomic mass is 14.9. The van der Waals surface area contributed by atoms with Crippen LogP contribution in [0.2, 0.25) is 0 Å². The first-order chi connectivity index (χ1) is 10.7. The standard InChI is InChI=1S/C15H16N2.C4H9N/c1-11-7-9-13(10-8-11)12(2)17-15-6-4-3-5-14(15)16;1-2-4-5-3-1/h3-10,17H,2,16H2,1H3;5H,1-4H2. The van der Waals surface area contributed by atoms with Crippen LogP contribution < -0.4 is 16.4 Å². The molecule has 0 aliphatic carbocycles. The summed E-state index contributed by atoms with van der Waals surface area (Å²) in [6.45, 7) is 8.59. The lowest BCUT2D eigenvalue weighted by atomic mass is 10.1. The molecule has 0 saturated carbocycles. The highest BCUT2D eigenvalue weighted by Gasteiger charge is 2.01. The zero-order valence-electron chi connectivity index (χ0n) is 13.2. The quantitative estimate of drug-likeness (QED) is 0.749. The van der Waals surface area contributed by atoms with Crippen LogP contribution in [0.15, 0.2) is 55.1 Å². The Labute approximate surface area is 133 Å². The first kappa shape index (κ1) is 16.1. The average Bonchev–Trinajstić information content (AvgIpc) is 3.10. The first-order valence-corrected chi connectivity index (χ1v) is 7.75. The maximum absolute atomic E-state index is 5.87. The summed E-state index contributed by atoms with van der Waals surface area (Å²) in [6, 6.07) is 15.9. The van der Waals surface area contributed by atoms with E-state index in [1.807, 2.05) is 36.4 Å². The van der Waals surface area contributed by atoms with Gasteiger partial charge in [0.25, 0.3) is 0 Å². The number of rotatable bonds is 3. The molecule has 0 spiro atoms. The molecule has 1 fully saturated rings. The summed E-state index contributed by atoms with van der Waals surface area (Å²) in [5.41, 5.74) is 10.6. The Morgan fingerprint density at radius 3 is 2.23 bits per heavy atom. The zero-order valence-corrected chi connectivity index (χ0v) is 13.2. The van der Waals surface area contributed by atoms with E-state index in [1.165, 1.54) is 31.5 Å². The molecular weight excluding hydrogens is 270 g/mol. The van der Waals surface area contributed by atoms with Crippen LogP contribution in [0.4, 0.5) is 11.4 Å². The lowest BCUT2D eigenvalue weighted by Gasteiger charge is -2.12. The Balaban J connectivity index is 0.000000299. The predicted octanol–water partition coefficient (Wildman–Crippen LogP) is 4.03. The van der Waals surface area contributed by atoms with Crippen molar-refractivity contribution in [2.75, 3.05) is 24.1 Å². The smallest absolute Gasteiger partial charge is 0.0617 e. The van der Waals surface area contributed by atoms with Gasteiger partial charge < -0.3 is 16.4 Å². The SMILES string of the molecule is C1CCNC1.C=C(Nc1ccccc1N)c1ccc(C)cc1. The molecule has 0 bridgehead atoms. The van der Waals surface area contributed by atoms with Crippen LogP contribution in [-0.2, 0) is 0 Å². The van der Waals surface area contributed by atoms with Crippen LogP contribution >= 0.6 is 0 Å². The number of anilines is 2. The molecule has 2 aromatic carbocycles. The molecule has 2 aromatic rings. The molecule has 0 unspecified atom stereocenters. The van der Waals surface area contributed by atoms with Crippen LogP contribution in [0.25, 0.3) is 5.70 Å². The van der Waals surface area contributed by atoms with Crippen molar-refractivity contribution in [3.05, 3.63) is 66.2 Å². The van der Waals surface area contributed by atoms with E-state index < -0.39 is 0 Å². The van der Waals surface area contributed by atoms with Gasteiger partial charge in [-0.3, -0.25) is 0 Å². The van der Waals surface area contributed by atoms with Gasteiger partial charge in [0.15, 0.2) is 0 Å². The van der Waals surface area contributed by atoms with Crippen LogP contribution in [0, 0.1) is 6.92 Å². The number of aryl methyl sites for hydroxylation is 1. The maximum atomic E-state index is 5.87. The Morgan fingerprint density at radius 1 is 1.05 bits per heavy atom. The van der Waals surface area contributed by atoms with Crippen LogP contribution in [0.1, 0.15) is 24.0 Å². The second-order valence-corrected chi connectivity index (χ2v) is 5.51. The predicted molar refractivity (Wildman–Crippen MR) is 96.8 cm³/mol. The van der Waals surface area contributed by atoms with Crippen molar-refractivity contribution in [2.45, 2.75) is 19.8 Å². The normalized spacial score (nSPS) is 13.1. The van der Waals surface area contributed by atoms with Crippen molar-refractivity contribution in [2.24, 2.45) is 0 Å². The third-order valence-corrected chi connectivity index (χ3v) is 3.60. The fourth-order valence-corrected chi connectivity index (χ4v) is 2.23. The number of benzene rings is 2. The summed E-state index contributed by atoms with van der Waals surface area (Å²) >= 11 is 0. The van der Waals surface area contributed by atoms with Gasteiger partial charge in [-0.25, -0.2) is 0 Å². The molecule has 22 heavy (non-hydrogen) atoms. The van der Waals surface area contributed by atoms with E-state index in [2.05, 4.69) is 36.3 Å². The second-order valence-electron chi connectivity index (χ2n) is 5.51. The lowest BCUT2D eigenvalue weighted by Crippen LogP contribution is -2.03. The molecule has 3 nitrogen and oxygen atoms in total. The summed E-state index contributed by atoms with van der Waals surface area (Å²) in [6.07, 6.45) is 2.78. The van der Waals surface area contributed by atoms with Crippen molar-refractivity contribution in [3.63, 3.8) is 0 Å². The van der Waals surface area contributed by atoms with E-state index in [9.17, 15) is 0 Å². The molecule has 0 amide bonds. The molecule has 1 saturated heterocycles. The van der Waals surface area contributed by atoms with E-state index in [1.54, 1.807) is 0 Å². The van der Waals surface area contributed by atoms with Gasteiger partial charge in [-0.2, -0.15) is 0 Å². The van der Waals surface area contributed by atoms with E-state index in [4.69, 9.17) is 5.73 Å². The fourth-order valence-electron chi connectivity index (χ4n) is 2.23. The summed E-state index contributed by atoms with van der Waals surface area (Å²) in [5.74, 6) is 0. The number of nitrogens with one attached hydrogen (secondary N) is 2. The highest BCUT2D eigenvalue weighted by molar-refractivity contribution is 5.80. The van der Waals surface area contributed by atoms with Gasteiger partial charge in [0.2, 0.25) is 0 Å². The minimum Gasteiger partial charge on any atom is -0.397 e. The molecule has 1 aliphatic heterocycles. The molecule has 0 aromatic heterocycles. The third kappa shape index (κ3) is 4.93. The van der Waals surface area contributed by atoms with Gasteiger partial charge in [0.05, 0.1) is 11.4 Å². The Kier molecular flexibility index (Phi) is 6.04. The zero-order chi connectivity index (χ0) is 15.8. The third-order valence-electron chi connectivity index (χ3n) is 3.60. The Hall–Kier alpha value is -2.26. The monoisotopic (exact) mass is 295 g/mol. The van der Waals surface area contributed by atoms with Crippen LogP contribution in [0.5, 0.6) is 0 Å². The van der Waals surface area contributed by atoms with E-state index in [0.717, 1.165) is 22.6 Å². The van der Waals surface area contributed by atoms with Crippen LogP contribution in [-0.4, -0.2) is 13.1 Å². The van der Waals surface area contributed by atoms with Gasteiger partial charge >= 0.3 is 0 Å². The summed E-state index contributed by atoms with van der Waals surface area (Å²) in [5, 5.41) is 6.45. The molecule has 3 heteroatoms. The molecular formula is C19H25N3. The molecule has 1 aliphatic rings. The van der Waals surface area contributed by atoms with Crippen molar-refractivity contribution in [1.82, 2.24) is 5.32 Å². The molecule has 0 atom stereocenters. The molecule has 116 valence electrons. The highest BCUT2D eigenvalue weighted by Crippen LogP contribution is 2.22. The van der Waals surface area contributed by atoms with E-state index in [0.29, 0.717) is 0 Å². The second kappa shape index (κ2) is 8.25. The van der Waals surface area contributed by atoms with Gasteiger partial charge in [-0.1, -0.05) is 48.5 Å². The minimum absolute atomic E-state index is 0.723. The van der Waals surface area contributed by atoms with Gasteiger partial charge in [-0.05, 0) is 50.6 Å². The number of hydrogen-bond acceptors (Lipinski definition) is 3. The molecule has 1 heterocycles. The van der Waals surface area contributed by atoms with Crippen LogP contribution in [0.3, 0.4) is 0 Å². The average molecular weight is 295 g/mol. The number of nitrogens with two attached hydrogens (primary N) is 1. The largest absolute Gasteiger partial charge is 0.397 e. The topological polar surface area (TPSA) is 50.1 Å². The summed E-state index contributed by atoms with van der Waals surface area (Å²) < 4.78 is 0. The first-order valence-electron chi connectivity index (χ1n) is 7.75. The number of nitrogen functional groups attached to an aromatic ring is 1. The van der Waals surface area contributed by atoms with E-state index >= 15 is 0 Å². The minimum atomic E-state index is 0.723. The summed E-state index contributed by atoms with van der Waals surface area (Å²) in [7, 11) is 0. The maximum Gasteiger partial charge on any atom is 0.0617 e. The van der Waals surface area contributed by atoms with Crippen molar-refractivity contribution >= 4 is 17.1 Å². The Morgan fingerprint density at radius 2 is 1.68 bits per heavy atom. The van der Waals surface area contributed by atoms with Gasteiger partial charge in [0.1, 0.15) is 0 Å². The van der Waals surface area contributed by atoms with Crippen molar-refractivity contribution < 1.29 is 0 Å². The summed E-state index contributed by atoms with van der Waals surface area (Å²) in [4.78, 5) is 0. The number of para-hydroxylation sites is 2. The molecule has 0 radical (unpaired) electrons. The van der Waals surface area contributed by atoms with E-state index in [-0.39, 0.29) is 0 Å². The molecule has 3 rings (SSSR count).